The summed E-state index contributed by atoms with van der Waals surface area (Å²) < 4.78 is 5.28. The Kier molecular flexibility index (Phi) is 6.31. The van der Waals surface area contributed by atoms with Gasteiger partial charge < -0.3 is 5.32 Å². The molecule has 1 unspecified atom stereocenters. The molecule has 0 aliphatic carbocycles. The van der Waals surface area contributed by atoms with Gasteiger partial charge in [-0.05, 0) is 37.3 Å². The number of aryl methyl sites for hydroxylation is 1. The van der Waals surface area contributed by atoms with Crippen LogP contribution in [0.25, 0.3) is 0 Å². The molecular weight excluding hydrogens is 238 g/mol. The zero-order valence-electron chi connectivity index (χ0n) is 10.5. The Morgan fingerprint density at radius 3 is 2.69 bits per heavy atom. The zero-order chi connectivity index (χ0) is 12.0. The number of hydrogen-bond donors (Lipinski definition) is 1. The first kappa shape index (κ1) is 13.9. The van der Waals surface area contributed by atoms with Gasteiger partial charge in [0.05, 0.1) is 0 Å². The number of rotatable bonds is 7. The molecule has 0 fully saturated rings. The van der Waals surface area contributed by atoms with Crippen LogP contribution in [0.15, 0.2) is 4.34 Å². The van der Waals surface area contributed by atoms with Crippen LogP contribution < -0.4 is 5.32 Å². The summed E-state index contributed by atoms with van der Waals surface area (Å²) in [5.74, 6) is 2.62. The molecule has 3 nitrogen and oxygen atoms in total. The maximum Gasteiger partial charge on any atom is 0.170 e. The highest BCUT2D eigenvalue weighted by Gasteiger charge is 2.13. The van der Waals surface area contributed by atoms with Gasteiger partial charge in [0.1, 0.15) is 5.82 Å². The summed E-state index contributed by atoms with van der Waals surface area (Å²) in [6.45, 7) is 9.76. The minimum Gasteiger partial charge on any atom is -0.313 e. The second-order valence-electron chi connectivity index (χ2n) is 4.22. The van der Waals surface area contributed by atoms with Gasteiger partial charge in [-0.3, -0.25) is 0 Å². The van der Waals surface area contributed by atoms with Crippen LogP contribution in [0.5, 0.6) is 0 Å². The van der Waals surface area contributed by atoms with E-state index in [4.69, 9.17) is 0 Å². The lowest BCUT2D eigenvalue weighted by molar-refractivity contribution is 0.434. The first-order valence-electron chi connectivity index (χ1n) is 5.80. The van der Waals surface area contributed by atoms with Crippen molar-refractivity contribution in [2.45, 2.75) is 44.5 Å². The molecule has 5 heteroatoms. The van der Waals surface area contributed by atoms with E-state index in [1.54, 1.807) is 0 Å². The quantitative estimate of drug-likeness (QED) is 0.764. The lowest BCUT2D eigenvalue weighted by atomic mass is 10.1. The highest BCUT2D eigenvalue weighted by atomic mass is 32.2. The largest absolute Gasteiger partial charge is 0.313 e. The fourth-order valence-electron chi connectivity index (χ4n) is 1.31. The summed E-state index contributed by atoms with van der Waals surface area (Å²) in [5.41, 5.74) is 0. The third kappa shape index (κ3) is 4.80. The maximum atomic E-state index is 4.36. The molecular formula is C11H21N3S2. The topological polar surface area (TPSA) is 37.8 Å². The maximum absolute atomic E-state index is 4.36. The standard InChI is InChI=1S/C11H21N3S2/c1-5-6-12-10(8(2)3)7-15-11-13-9(4)14-16-11/h8,10,12H,5-7H2,1-4H3. The van der Waals surface area contributed by atoms with E-state index in [9.17, 15) is 0 Å². The van der Waals surface area contributed by atoms with Gasteiger partial charge in [0.15, 0.2) is 4.34 Å². The van der Waals surface area contributed by atoms with Gasteiger partial charge in [-0.2, -0.15) is 4.37 Å². The molecule has 92 valence electrons. The van der Waals surface area contributed by atoms with Crippen LogP contribution in [0.1, 0.15) is 33.0 Å². The van der Waals surface area contributed by atoms with Crippen LogP contribution in [0.2, 0.25) is 0 Å². The van der Waals surface area contributed by atoms with Crippen LogP contribution in [0, 0.1) is 12.8 Å². The number of aromatic nitrogens is 2. The summed E-state index contributed by atoms with van der Waals surface area (Å²) in [6.07, 6.45) is 1.19. The smallest absolute Gasteiger partial charge is 0.170 e. The number of nitrogens with one attached hydrogen (secondary N) is 1. The molecule has 0 aliphatic rings. The van der Waals surface area contributed by atoms with E-state index in [0.717, 1.165) is 22.5 Å². The predicted octanol–water partition coefficient (Wildman–Crippen LogP) is 2.96. The molecule has 0 bridgehead atoms. The minimum absolute atomic E-state index is 0.564. The van der Waals surface area contributed by atoms with E-state index >= 15 is 0 Å². The minimum atomic E-state index is 0.564. The van der Waals surface area contributed by atoms with Crippen molar-refractivity contribution >= 4 is 23.3 Å². The average molecular weight is 259 g/mol. The number of thioether (sulfide) groups is 1. The van der Waals surface area contributed by atoms with Gasteiger partial charge >= 0.3 is 0 Å². The summed E-state index contributed by atoms with van der Waals surface area (Å²) in [5, 5.41) is 3.58. The van der Waals surface area contributed by atoms with Crippen LogP contribution >= 0.6 is 23.3 Å². The Bertz CT molecular complexity index is 299. The van der Waals surface area contributed by atoms with Gasteiger partial charge in [-0.25, -0.2) is 4.98 Å². The molecule has 1 heterocycles. The van der Waals surface area contributed by atoms with Crippen molar-refractivity contribution in [1.29, 1.82) is 0 Å². The molecule has 0 spiro atoms. The fourth-order valence-corrected chi connectivity index (χ4v) is 3.29. The van der Waals surface area contributed by atoms with Crippen molar-refractivity contribution in [3.63, 3.8) is 0 Å². The molecule has 0 aromatic carbocycles. The van der Waals surface area contributed by atoms with Gasteiger partial charge in [-0.15, -0.1) is 0 Å². The Morgan fingerprint density at radius 2 is 2.19 bits per heavy atom. The molecule has 0 saturated carbocycles. The monoisotopic (exact) mass is 259 g/mol. The first-order chi connectivity index (χ1) is 7.63. The Balaban J connectivity index is 2.37. The number of hydrogen-bond acceptors (Lipinski definition) is 5. The van der Waals surface area contributed by atoms with Crippen molar-refractivity contribution in [1.82, 2.24) is 14.7 Å². The zero-order valence-corrected chi connectivity index (χ0v) is 12.1. The molecule has 1 rings (SSSR count). The lowest BCUT2D eigenvalue weighted by Gasteiger charge is -2.21. The summed E-state index contributed by atoms with van der Waals surface area (Å²) in [7, 11) is 0. The van der Waals surface area contributed by atoms with E-state index in [1.807, 2.05) is 18.7 Å². The van der Waals surface area contributed by atoms with Crippen molar-refractivity contribution in [2.75, 3.05) is 12.3 Å². The predicted molar refractivity (Wildman–Crippen MR) is 72.3 cm³/mol. The highest BCUT2D eigenvalue weighted by Crippen LogP contribution is 2.22. The fraction of sp³-hybridized carbons (Fsp3) is 0.818. The molecule has 0 saturated heterocycles. The van der Waals surface area contributed by atoms with Crippen molar-refractivity contribution in [2.24, 2.45) is 5.92 Å². The molecule has 16 heavy (non-hydrogen) atoms. The van der Waals surface area contributed by atoms with E-state index in [1.165, 1.54) is 18.0 Å². The van der Waals surface area contributed by atoms with Crippen LogP contribution in [0.3, 0.4) is 0 Å². The van der Waals surface area contributed by atoms with Crippen molar-refractivity contribution < 1.29 is 0 Å². The summed E-state index contributed by atoms with van der Waals surface area (Å²) >= 11 is 3.31. The third-order valence-electron chi connectivity index (χ3n) is 2.36. The normalized spacial score (nSPS) is 13.3. The Hall–Kier alpha value is -0.130. The van der Waals surface area contributed by atoms with Crippen LogP contribution in [0.4, 0.5) is 0 Å². The Labute approximate surface area is 107 Å². The second-order valence-corrected chi connectivity index (χ2v) is 6.24. The van der Waals surface area contributed by atoms with E-state index in [2.05, 4.69) is 35.4 Å². The van der Waals surface area contributed by atoms with Crippen LogP contribution in [-0.2, 0) is 0 Å². The molecule has 1 aromatic rings. The Morgan fingerprint density at radius 1 is 1.44 bits per heavy atom. The van der Waals surface area contributed by atoms with E-state index in [0.29, 0.717) is 12.0 Å². The number of nitrogens with zero attached hydrogens (tertiary/aromatic N) is 2. The summed E-state index contributed by atoms with van der Waals surface area (Å²) in [4.78, 5) is 4.36. The summed E-state index contributed by atoms with van der Waals surface area (Å²) in [6, 6.07) is 0.564. The SMILES string of the molecule is CCCNC(CSc1nc(C)ns1)C(C)C. The van der Waals surface area contributed by atoms with Gasteiger partial charge in [0.25, 0.3) is 0 Å². The van der Waals surface area contributed by atoms with Gasteiger partial charge in [-0.1, -0.05) is 32.5 Å². The van der Waals surface area contributed by atoms with Crippen molar-refractivity contribution in [3.05, 3.63) is 5.82 Å². The van der Waals surface area contributed by atoms with E-state index in [-0.39, 0.29) is 0 Å². The van der Waals surface area contributed by atoms with Gasteiger partial charge in [0.2, 0.25) is 0 Å². The molecule has 0 radical (unpaired) electrons. The lowest BCUT2D eigenvalue weighted by Crippen LogP contribution is -2.36. The highest BCUT2D eigenvalue weighted by molar-refractivity contribution is 8.00. The van der Waals surface area contributed by atoms with Gasteiger partial charge in [0, 0.05) is 11.8 Å². The van der Waals surface area contributed by atoms with Crippen molar-refractivity contribution in [3.8, 4) is 0 Å². The molecule has 1 aromatic heterocycles. The average Bonchev–Trinajstić information content (AvgIpc) is 2.64. The molecule has 0 aliphatic heterocycles. The second kappa shape index (κ2) is 7.25. The molecule has 1 atom stereocenters. The third-order valence-corrected chi connectivity index (χ3v) is 4.40. The first-order valence-corrected chi connectivity index (χ1v) is 7.55. The molecule has 0 amide bonds. The van der Waals surface area contributed by atoms with Crippen LogP contribution in [-0.4, -0.2) is 27.7 Å². The molecule has 1 N–H and O–H groups in total. The van der Waals surface area contributed by atoms with E-state index < -0.39 is 0 Å².